The van der Waals surface area contributed by atoms with Gasteiger partial charge in [-0.1, -0.05) is 12.1 Å². The molecule has 2 aromatic rings. The van der Waals surface area contributed by atoms with E-state index in [1.807, 2.05) is 0 Å². The smallest absolute Gasteiger partial charge is 0.363 e. The van der Waals surface area contributed by atoms with E-state index in [2.05, 4.69) is 9.72 Å². The molecule has 0 atom stereocenters. The van der Waals surface area contributed by atoms with Gasteiger partial charge in [-0.25, -0.2) is 14.2 Å². The molecule has 21 heavy (non-hydrogen) atoms. The maximum absolute atomic E-state index is 12.8. The molecule has 0 aliphatic heterocycles. The fraction of sp³-hybridized carbons (Fsp3) is 0.143. The Morgan fingerprint density at radius 1 is 1.33 bits per heavy atom. The zero-order chi connectivity index (χ0) is 15.4. The number of hydrogen-bond donors (Lipinski definition) is 0. The fourth-order valence-corrected chi connectivity index (χ4v) is 1.82. The van der Waals surface area contributed by atoms with Crippen LogP contribution in [-0.4, -0.2) is 23.0 Å². The van der Waals surface area contributed by atoms with Crippen LogP contribution >= 0.6 is 0 Å². The molecule has 0 unspecified atom stereocenters. The number of halogens is 1. The lowest BCUT2D eigenvalue weighted by Crippen LogP contribution is -2.09. The van der Waals surface area contributed by atoms with Crippen LogP contribution in [0.2, 0.25) is 0 Å². The van der Waals surface area contributed by atoms with Crippen molar-refractivity contribution in [2.75, 3.05) is 7.11 Å². The summed E-state index contributed by atoms with van der Waals surface area (Å²) in [6.45, 7) is 0. The van der Waals surface area contributed by atoms with Gasteiger partial charge < -0.3 is 4.74 Å². The number of methoxy groups -OCH3 is 1. The molecular formula is C14H11FN2O4. The van der Waals surface area contributed by atoms with E-state index >= 15 is 0 Å². The van der Waals surface area contributed by atoms with Crippen LogP contribution in [0.4, 0.5) is 10.1 Å². The number of pyridine rings is 1. The standard InChI is InChI=1S/C14H11FN2O4/c1-21-14(18)13-12(17(19)20)7-10(8-16-13)6-9-2-4-11(15)5-3-9/h2-5,7-8H,6H2,1H3. The minimum Gasteiger partial charge on any atom is -0.464 e. The zero-order valence-electron chi connectivity index (χ0n) is 11.1. The average Bonchev–Trinajstić information content (AvgIpc) is 2.48. The highest BCUT2D eigenvalue weighted by Crippen LogP contribution is 2.20. The van der Waals surface area contributed by atoms with E-state index in [0.29, 0.717) is 12.0 Å². The summed E-state index contributed by atoms with van der Waals surface area (Å²) in [5, 5.41) is 11.0. The van der Waals surface area contributed by atoms with Crippen LogP contribution in [0, 0.1) is 15.9 Å². The van der Waals surface area contributed by atoms with E-state index in [1.54, 1.807) is 12.1 Å². The largest absolute Gasteiger partial charge is 0.464 e. The Labute approximate surface area is 119 Å². The molecule has 0 N–H and O–H groups in total. The molecule has 0 aliphatic rings. The highest BCUT2D eigenvalue weighted by molar-refractivity contribution is 5.91. The number of carbonyl (C=O) groups is 1. The van der Waals surface area contributed by atoms with Crippen molar-refractivity contribution in [3.8, 4) is 0 Å². The van der Waals surface area contributed by atoms with Gasteiger partial charge in [0.2, 0.25) is 5.69 Å². The summed E-state index contributed by atoms with van der Waals surface area (Å²) in [7, 11) is 1.13. The number of esters is 1. The van der Waals surface area contributed by atoms with Crippen molar-refractivity contribution in [3.63, 3.8) is 0 Å². The Hall–Kier alpha value is -2.83. The molecule has 1 aromatic heterocycles. The van der Waals surface area contributed by atoms with Gasteiger partial charge in [-0.3, -0.25) is 10.1 Å². The summed E-state index contributed by atoms with van der Waals surface area (Å²) in [5.41, 5.74) is 0.561. The average molecular weight is 290 g/mol. The highest BCUT2D eigenvalue weighted by atomic mass is 19.1. The Kier molecular flexibility index (Phi) is 4.22. The third-order valence-electron chi connectivity index (χ3n) is 2.82. The Morgan fingerprint density at radius 2 is 2.00 bits per heavy atom. The van der Waals surface area contributed by atoms with E-state index in [4.69, 9.17) is 0 Å². The molecule has 2 rings (SSSR count). The van der Waals surface area contributed by atoms with Crippen LogP contribution in [0.5, 0.6) is 0 Å². The minimum absolute atomic E-state index is 0.342. The summed E-state index contributed by atoms with van der Waals surface area (Å²) in [4.78, 5) is 25.5. The summed E-state index contributed by atoms with van der Waals surface area (Å²) in [6.07, 6.45) is 1.71. The molecule has 0 aliphatic carbocycles. The van der Waals surface area contributed by atoms with Crippen molar-refractivity contribution in [1.29, 1.82) is 0 Å². The fourth-order valence-electron chi connectivity index (χ4n) is 1.82. The van der Waals surface area contributed by atoms with Gasteiger partial charge in [-0.15, -0.1) is 0 Å². The number of aromatic nitrogens is 1. The van der Waals surface area contributed by atoms with Gasteiger partial charge in [0.25, 0.3) is 0 Å². The Morgan fingerprint density at radius 3 is 2.57 bits per heavy atom. The minimum atomic E-state index is -0.866. The van der Waals surface area contributed by atoms with Crippen LogP contribution < -0.4 is 0 Å². The van der Waals surface area contributed by atoms with Crippen molar-refractivity contribution < 1.29 is 18.8 Å². The van der Waals surface area contributed by atoms with E-state index in [0.717, 1.165) is 12.7 Å². The monoisotopic (exact) mass is 290 g/mol. The Balaban J connectivity index is 2.33. The first-order valence-electron chi connectivity index (χ1n) is 5.97. The van der Waals surface area contributed by atoms with Gasteiger partial charge in [0.1, 0.15) is 5.82 Å². The molecule has 0 radical (unpaired) electrons. The van der Waals surface area contributed by atoms with Gasteiger partial charge >= 0.3 is 11.7 Å². The first-order chi connectivity index (χ1) is 10.0. The van der Waals surface area contributed by atoms with Crippen molar-refractivity contribution >= 4 is 11.7 Å². The number of nitrogens with zero attached hydrogens (tertiary/aromatic N) is 2. The van der Waals surface area contributed by atoms with Crippen LogP contribution in [0.25, 0.3) is 0 Å². The molecule has 0 bridgehead atoms. The molecule has 108 valence electrons. The number of rotatable bonds is 4. The maximum Gasteiger partial charge on any atom is 0.363 e. The summed E-state index contributed by atoms with van der Waals surface area (Å²) < 4.78 is 17.3. The number of ether oxygens (including phenoxy) is 1. The van der Waals surface area contributed by atoms with E-state index in [-0.39, 0.29) is 11.5 Å². The lowest BCUT2D eigenvalue weighted by molar-refractivity contribution is -0.385. The third kappa shape index (κ3) is 3.38. The highest BCUT2D eigenvalue weighted by Gasteiger charge is 2.23. The van der Waals surface area contributed by atoms with Gasteiger partial charge in [-0.2, -0.15) is 0 Å². The van der Waals surface area contributed by atoms with Gasteiger partial charge in [-0.05, 0) is 29.7 Å². The molecule has 1 aromatic carbocycles. The van der Waals surface area contributed by atoms with Crippen LogP contribution in [0.15, 0.2) is 36.5 Å². The molecule has 0 spiro atoms. The maximum atomic E-state index is 12.8. The molecule has 0 amide bonds. The Bertz CT molecular complexity index is 686. The van der Waals surface area contributed by atoms with E-state index in [1.165, 1.54) is 24.4 Å². The SMILES string of the molecule is COC(=O)c1ncc(Cc2ccc(F)cc2)cc1[N+](=O)[O-]. The zero-order valence-corrected chi connectivity index (χ0v) is 11.1. The molecule has 6 nitrogen and oxygen atoms in total. The number of carbonyl (C=O) groups excluding carboxylic acids is 1. The van der Waals surface area contributed by atoms with Crippen LogP contribution in [0.3, 0.4) is 0 Å². The first kappa shape index (κ1) is 14.6. The predicted octanol–water partition coefficient (Wildman–Crippen LogP) is 2.51. The van der Waals surface area contributed by atoms with Gasteiger partial charge in [0, 0.05) is 12.3 Å². The normalized spacial score (nSPS) is 10.2. The number of hydrogen-bond acceptors (Lipinski definition) is 5. The van der Waals surface area contributed by atoms with Crippen molar-refractivity contribution in [1.82, 2.24) is 4.98 Å². The van der Waals surface area contributed by atoms with E-state index < -0.39 is 16.6 Å². The number of benzene rings is 1. The lowest BCUT2D eigenvalue weighted by Gasteiger charge is -2.04. The summed E-state index contributed by atoms with van der Waals surface area (Å²) in [6, 6.07) is 7.04. The molecule has 7 heteroatoms. The number of nitro groups is 1. The van der Waals surface area contributed by atoms with Crippen molar-refractivity contribution in [2.45, 2.75) is 6.42 Å². The summed E-state index contributed by atoms with van der Waals surface area (Å²) in [5.74, 6) is -1.22. The topological polar surface area (TPSA) is 82.3 Å². The van der Waals surface area contributed by atoms with Crippen LogP contribution in [-0.2, 0) is 11.2 Å². The van der Waals surface area contributed by atoms with E-state index in [9.17, 15) is 19.3 Å². The van der Waals surface area contributed by atoms with Crippen LogP contribution in [0.1, 0.15) is 21.6 Å². The third-order valence-corrected chi connectivity index (χ3v) is 2.82. The van der Waals surface area contributed by atoms with Crippen molar-refractivity contribution in [3.05, 3.63) is 69.3 Å². The molecule has 0 saturated heterocycles. The molecule has 1 heterocycles. The summed E-state index contributed by atoms with van der Waals surface area (Å²) >= 11 is 0. The lowest BCUT2D eigenvalue weighted by atomic mass is 10.1. The second kappa shape index (κ2) is 6.08. The molecular weight excluding hydrogens is 279 g/mol. The van der Waals surface area contributed by atoms with Gasteiger partial charge in [0.15, 0.2) is 0 Å². The van der Waals surface area contributed by atoms with Crippen molar-refractivity contribution in [2.24, 2.45) is 0 Å². The second-order valence-electron chi connectivity index (χ2n) is 4.26. The second-order valence-corrected chi connectivity index (χ2v) is 4.26. The van der Waals surface area contributed by atoms with Gasteiger partial charge in [0.05, 0.1) is 12.0 Å². The first-order valence-corrected chi connectivity index (χ1v) is 5.97. The molecule has 0 fully saturated rings. The quantitative estimate of drug-likeness (QED) is 0.491. The predicted molar refractivity (Wildman–Crippen MR) is 71.4 cm³/mol. The molecule has 0 saturated carbocycles.